The Labute approximate surface area is 337 Å². The fraction of sp³-hybridized carbons (Fsp3) is 0.205. The number of Topliss-reactive ketones (excluding diaryl/α,β-unsaturated/α-hetero) is 1. The second-order valence-corrected chi connectivity index (χ2v) is 14.8. The van der Waals surface area contributed by atoms with E-state index in [4.69, 9.17) is 9.47 Å². The second kappa shape index (κ2) is 18.0. The number of thioether (sulfide) groups is 1. The summed E-state index contributed by atoms with van der Waals surface area (Å²) < 4.78 is 11.5. The molecule has 7 rings (SSSR count). The van der Waals surface area contributed by atoms with Crippen molar-refractivity contribution in [1.82, 2.24) is 15.5 Å². The highest BCUT2D eigenvalue weighted by atomic mass is 32.2. The summed E-state index contributed by atoms with van der Waals surface area (Å²) in [4.78, 5) is 81.1. The van der Waals surface area contributed by atoms with Gasteiger partial charge in [-0.05, 0) is 52.8 Å². The highest BCUT2D eigenvalue weighted by Gasteiger charge is 2.55. The van der Waals surface area contributed by atoms with Gasteiger partial charge in [0.25, 0.3) is 11.6 Å². The monoisotopic (exact) mass is 798 g/mol. The number of allylic oxidation sites excluding steroid dienone is 3. The molecule has 2 unspecified atom stereocenters. The van der Waals surface area contributed by atoms with E-state index in [1.54, 1.807) is 0 Å². The van der Waals surface area contributed by atoms with Gasteiger partial charge < -0.3 is 20.1 Å². The normalized spacial score (nSPS) is 17.6. The number of carbonyl (C=O) groups excluding carboxylic acids is 5. The lowest BCUT2D eigenvalue weighted by molar-refractivity contribution is -0.384. The van der Waals surface area contributed by atoms with Gasteiger partial charge in [-0.3, -0.25) is 29.4 Å². The molecule has 0 radical (unpaired) electrons. The highest BCUT2D eigenvalue weighted by molar-refractivity contribution is 8.00. The maximum absolute atomic E-state index is 14.4. The number of non-ortho nitro benzene ring substituents is 1. The van der Waals surface area contributed by atoms with E-state index in [9.17, 15) is 34.1 Å². The fourth-order valence-corrected chi connectivity index (χ4v) is 8.27. The molecule has 294 valence electrons. The molecule has 2 aliphatic heterocycles. The van der Waals surface area contributed by atoms with Crippen LogP contribution in [0.25, 0.3) is 0 Å². The quantitative estimate of drug-likeness (QED) is 0.0487. The van der Waals surface area contributed by atoms with Crippen LogP contribution < -0.4 is 10.6 Å². The lowest BCUT2D eigenvalue weighted by Gasteiger charge is -2.50. The van der Waals surface area contributed by atoms with Crippen molar-refractivity contribution in [2.75, 3.05) is 5.75 Å². The molecular weight excluding hydrogens is 761 g/mol. The molecule has 13 nitrogen and oxygen atoms in total. The van der Waals surface area contributed by atoms with Crippen LogP contribution in [-0.2, 0) is 41.7 Å². The van der Waals surface area contributed by atoms with Gasteiger partial charge in [-0.1, -0.05) is 109 Å². The Bertz CT molecular complexity index is 2260. The minimum atomic E-state index is -1.20. The van der Waals surface area contributed by atoms with Crippen molar-refractivity contribution in [3.63, 3.8) is 0 Å². The molecule has 4 aromatic rings. The largest absolute Gasteiger partial charge is 0.448 e. The molecule has 58 heavy (non-hydrogen) atoms. The lowest BCUT2D eigenvalue weighted by atomic mass is 9.95. The van der Waals surface area contributed by atoms with Gasteiger partial charge in [-0.15, -0.1) is 11.8 Å². The summed E-state index contributed by atoms with van der Waals surface area (Å²) >= 11 is 1.24. The average molecular weight is 799 g/mol. The van der Waals surface area contributed by atoms with Gasteiger partial charge in [0.15, 0.2) is 11.9 Å². The van der Waals surface area contributed by atoms with Gasteiger partial charge in [0.05, 0.1) is 4.92 Å². The fourth-order valence-electron chi connectivity index (χ4n) is 6.90. The molecule has 14 heteroatoms. The van der Waals surface area contributed by atoms with Crippen LogP contribution in [0.5, 0.6) is 0 Å². The third-order valence-electron chi connectivity index (χ3n) is 9.88. The number of esters is 1. The second-order valence-electron chi connectivity index (χ2n) is 13.7. The van der Waals surface area contributed by atoms with Crippen LogP contribution >= 0.6 is 11.8 Å². The summed E-state index contributed by atoms with van der Waals surface area (Å²) in [6.07, 6.45) is 4.71. The molecule has 1 aliphatic carbocycles. The van der Waals surface area contributed by atoms with Crippen LogP contribution in [0.1, 0.15) is 41.2 Å². The standard InChI is InChI=1S/C44H38N4O9S/c49-35(25-28-13-5-1-6-14-28)34-27-58-42-37(41(51)47(42)38(34)43(52)57-39(31-17-9-3-10-18-31)32-19-11-4-12-20-32)45-40(50)36(30-15-7-2-8-16-30)46-44(53)56-26-29-21-23-33(24-22-29)48(54)55/h1-7,9-14,16-24,36-37,39,42H,8,15,25-27H2,(H,45,50)(H,46,53)/t36?,37?,42-/m0/s1. The molecule has 2 heterocycles. The lowest BCUT2D eigenvalue weighted by Crippen LogP contribution is -2.72. The van der Waals surface area contributed by atoms with Crippen LogP contribution in [0.15, 0.2) is 150 Å². The van der Waals surface area contributed by atoms with Gasteiger partial charge in [0.2, 0.25) is 5.91 Å². The molecule has 3 atom stereocenters. The van der Waals surface area contributed by atoms with Gasteiger partial charge in [-0.2, -0.15) is 0 Å². The number of rotatable bonds is 14. The SMILES string of the molecule is O=C(NC(C(=O)NC1C(=O)N2C(C(=O)OC(c3ccccc3)c3ccccc3)=C(C(=O)Cc3ccccc3)CS[C@@H]12)C1=CCC=CC1)OCc1ccc([N+](=O)[O-])cc1. The van der Waals surface area contributed by atoms with Crippen molar-refractivity contribution in [3.8, 4) is 0 Å². The number of hydrogen-bond acceptors (Lipinski definition) is 10. The van der Waals surface area contributed by atoms with E-state index in [1.165, 1.54) is 40.9 Å². The minimum Gasteiger partial charge on any atom is -0.448 e. The predicted molar refractivity (Wildman–Crippen MR) is 215 cm³/mol. The summed E-state index contributed by atoms with van der Waals surface area (Å²) in [7, 11) is 0. The van der Waals surface area contributed by atoms with Crippen molar-refractivity contribution < 1.29 is 38.4 Å². The first-order valence-electron chi connectivity index (χ1n) is 18.5. The summed E-state index contributed by atoms with van der Waals surface area (Å²) in [5, 5.41) is 15.6. The molecule has 0 aromatic heterocycles. The number of amides is 3. The van der Waals surface area contributed by atoms with Crippen LogP contribution in [0, 0.1) is 10.1 Å². The summed E-state index contributed by atoms with van der Waals surface area (Å²) in [6.45, 7) is -0.210. The summed E-state index contributed by atoms with van der Waals surface area (Å²) in [5.74, 6) is -2.40. The van der Waals surface area contributed by atoms with E-state index in [0.29, 0.717) is 35.1 Å². The average Bonchev–Trinajstić information content (AvgIpc) is 3.26. The zero-order valence-electron chi connectivity index (χ0n) is 31.0. The molecule has 0 bridgehead atoms. The number of hydrogen-bond donors (Lipinski definition) is 2. The zero-order valence-corrected chi connectivity index (χ0v) is 31.8. The van der Waals surface area contributed by atoms with Crippen molar-refractivity contribution in [1.29, 1.82) is 0 Å². The molecule has 1 saturated heterocycles. The van der Waals surface area contributed by atoms with Crippen molar-refractivity contribution in [3.05, 3.63) is 183 Å². The first kappa shape index (κ1) is 39.4. The van der Waals surface area contributed by atoms with Crippen molar-refractivity contribution in [2.24, 2.45) is 0 Å². The molecule has 3 aliphatic rings. The maximum atomic E-state index is 14.4. The molecule has 0 spiro atoms. The number of carbonyl (C=O) groups is 5. The van der Waals surface area contributed by atoms with Crippen LogP contribution in [0.3, 0.4) is 0 Å². The van der Waals surface area contributed by atoms with Crippen molar-refractivity contribution in [2.45, 2.75) is 49.4 Å². The molecular formula is C44H38N4O9S. The van der Waals surface area contributed by atoms with Crippen LogP contribution in [-0.4, -0.2) is 62.7 Å². The van der Waals surface area contributed by atoms with Gasteiger partial charge in [0, 0.05) is 29.9 Å². The highest BCUT2D eigenvalue weighted by Crippen LogP contribution is 2.42. The number of alkyl carbamates (subject to hydrolysis) is 1. The Morgan fingerprint density at radius 3 is 2.09 bits per heavy atom. The van der Waals surface area contributed by atoms with Gasteiger partial charge in [-0.25, -0.2) is 9.59 Å². The van der Waals surface area contributed by atoms with E-state index >= 15 is 0 Å². The number of ether oxygens (including phenoxy) is 2. The number of nitro benzene ring substituents is 1. The number of nitro groups is 1. The minimum absolute atomic E-state index is 0.00161. The third-order valence-corrected chi connectivity index (χ3v) is 11.2. The molecule has 2 N–H and O–H groups in total. The number of nitrogens with zero attached hydrogens (tertiary/aromatic N) is 2. The number of benzene rings is 4. The number of ketones is 1. The molecule has 4 aromatic carbocycles. The van der Waals surface area contributed by atoms with Crippen molar-refractivity contribution >= 4 is 47.1 Å². The van der Waals surface area contributed by atoms with Gasteiger partial charge in [0.1, 0.15) is 29.8 Å². The topological polar surface area (TPSA) is 174 Å². The Morgan fingerprint density at radius 2 is 1.48 bits per heavy atom. The smallest absolute Gasteiger partial charge is 0.408 e. The number of β-lactam (4-membered cyclic amide) rings is 1. The van der Waals surface area contributed by atoms with E-state index in [-0.39, 0.29) is 41.5 Å². The van der Waals surface area contributed by atoms with Gasteiger partial charge >= 0.3 is 12.1 Å². The zero-order chi connectivity index (χ0) is 40.6. The Kier molecular flexibility index (Phi) is 12.2. The predicted octanol–water partition coefficient (Wildman–Crippen LogP) is 6.26. The molecule has 1 fully saturated rings. The van der Waals surface area contributed by atoms with E-state index < -0.39 is 52.4 Å². The molecule has 3 amide bonds. The Hall–Kier alpha value is -6.80. The van der Waals surface area contributed by atoms with E-state index in [2.05, 4.69) is 10.6 Å². The summed E-state index contributed by atoms with van der Waals surface area (Å²) in [6, 6.07) is 30.6. The van der Waals surface area contributed by atoms with E-state index in [1.807, 2.05) is 109 Å². The summed E-state index contributed by atoms with van der Waals surface area (Å²) in [5.41, 5.74) is 3.07. The van der Waals surface area contributed by atoms with E-state index in [0.717, 1.165) is 5.56 Å². The Morgan fingerprint density at radius 1 is 0.845 bits per heavy atom. The number of nitrogens with one attached hydrogen (secondary N) is 2. The third kappa shape index (κ3) is 8.92. The maximum Gasteiger partial charge on any atom is 0.408 e. The van der Waals surface area contributed by atoms with Crippen LogP contribution in [0.4, 0.5) is 10.5 Å². The first-order valence-corrected chi connectivity index (χ1v) is 19.6. The Balaban J connectivity index is 1.11. The van der Waals surface area contributed by atoms with Crippen LogP contribution in [0.2, 0.25) is 0 Å². The first-order chi connectivity index (χ1) is 28.2. The number of fused-ring (bicyclic) bond motifs is 1. The molecule has 0 saturated carbocycles.